The normalized spacial score (nSPS) is 17.5. The molecule has 2 N–H and O–H groups in total. The second kappa shape index (κ2) is 10.4. The Bertz CT molecular complexity index is 1430. The number of hydrogen-bond donors (Lipinski definition) is 2. The fourth-order valence-corrected chi connectivity index (χ4v) is 5.08. The van der Waals surface area contributed by atoms with Crippen LogP contribution in [-0.4, -0.2) is 27.0 Å². The molecular formula is C25H26BrClN4O4. The maximum atomic E-state index is 13.1. The molecule has 184 valence electrons. The van der Waals surface area contributed by atoms with Gasteiger partial charge in [0.1, 0.15) is 0 Å². The lowest BCUT2D eigenvalue weighted by molar-refractivity contribution is -0.120. The summed E-state index contributed by atoms with van der Waals surface area (Å²) in [5, 5.41) is 6.67. The molecule has 2 atom stereocenters. The van der Waals surface area contributed by atoms with Crippen molar-refractivity contribution in [3.63, 3.8) is 0 Å². The molecule has 1 heterocycles. The molecular weight excluding hydrogens is 536 g/mol. The van der Waals surface area contributed by atoms with Crippen molar-refractivity contribution in [2.75, 3.05) is 5.32 Å². The van der Waals surface area contributed by atoms with E-state index in [0.29, 0.717) is 46.6 Å². The van der Waals surface area contributed by atoms with Crippen molar-refractivity contribution in [2.24, 2.45) is 5.92 Å². The lowest BCUT2D eigenvalue weighted by Crippen LogP contribution is -2.42. The van der Waals surface area contributed by atoms with Crippen molar-refractivity contribution >= 4 is 55.9 Å². The SMILES string of the molecule is CCn1c(=O)c2cc(C(=O)N[C@H]3CCC[C@H]3C(=O)Nc3ccc(Br)c(Cl)c3)ccc2n(CC)c1=O. The van der Waals surface area contributed by atoms with Crippen molar-refractivity contribution in [3.8, 4) is 0 Å². The molecule has 4 rings (SSSR count). The molecule has 2 aromatic carbocycles. The fraction of sp³-hybridized carbons (Fsp3) is 0.360. The Labute approximate surface area is 215 Å². The van der Waals surface area contributed by atoms with Gasteiger partial charge in [0, 0.05) is 34.9 Å². The first-order valence-electron chi connectivity index (χ1n) is 11.6. The molecule has 1 fully saturated rings. The molecule has 35 heavy (non-hydrogen) atoms. The first-order valence-corrected chi connectivity index (χ1v) is 12.8. The Balaban J connectivity index is 1.56. The van der Waals surface area contributed by atoms with Crippen LogP contribution >= 0.6 is 27.5 Å². The average Bonchev–Trinajstić information content (AvgIpc) is 3.30. The Morgan fingerprint density at radius 3 is 2.49 bits per heavy atom. The highest BCUT2D eigenvalue weighted by molar-refractivity contribution is 9.10. The fourth-order valence-electron chi connectivity index (χ4n) is 4.66. The number of amides is 2. The first-order chi connectivity index (χ1) is 16.7. The molecule has 0 bridgehead atoms. The lowest BCUT2D eigenvalue weighted by Gasteiger charge is -2.21. The summed E-state index contributed by atoms with van der Waals surface area (Å²) in [6.45, 7) is 4.22. The number of carbonyl (C=O) groups is 2. The molecule has 0 radical (unpaired) electrons. The van der Waals surface area contributed by atoms with E-state index in [4.69, 9.17) is 11.6 Å². The van der Waals surface area contributed by atoms with E-state index in [1.807, 2.05) is 6.92 Å². The molecule has 0 aliphatic heterocycles. The van der Waals surface area contributed by atoms with E-state index in [-0.39, 0.29) is 36.0 Å². The van der Waals surface area contributed by atoms with Crippen LogP contribution in [-0.2, 0) is 17.9 Å². The van der Waals surface area contributed by atoms with Crippen LogP contribution in [0.4, 0.5) is 5.69 Å². The second-order valence-electron chi connectivity index (χ2n) is 8.54. The van der Waals surface area contributed by atoms with Crippen LogP contribution in [0.1, 0.15) is 43.5 Å². The van der Waals surface area contributed by atoms with Gasteiger partial charge in [-0.25, -0.2) is 4.79 Å². The van der Waals surface area contributed by atoms with E-state index in [2.05, 4.69) is 26.6 Å². The van der Waals surface area contributed by atoms with Gasteiger partial charge in [0.2, 0.25) is 5.91 Å². The predicted octanol–water partition coefficient (Wildman–Crippen LogP) is 4.16. The highest BCUT2D eigenvalue weighted by Crippen LogP contribution is 2.29. The zero-order valence-electron chi connectivity index (χ0n) is 19.4. The molecule has 1 saturated carbocycles. The smallest absolute Gasteiger partial charge is 0.331 e. The van der Waals surface area contributed by atoms with Crippen LogP contribution in [0, 0.1) is 5.92 Å². The summed E-state index contributed by atoms with van der Waals surface area (Å²) in [5.74, 6) is -0.924. The van der Waals surface area contributed by atoms with Gasteiger partial charge in [-0.3, -0.25) is 23.5 Å². The van der Waals surface area contributed by atoms with Crippen molar-refractivity contribution in [1.29, 1.82) is 0 Å². The third-order valence-electron chi connectivity index (χ3n) is 6.48. The number of rotatable bonds is 6. The minimum absolute atomic E-state index is 0.178. The summed E-state index contributed by atoms with van der Waals surface area (Å²) in [6, 6.07) is 9.61. The maximum Gasteiger partial charge on any atom is 0.331 e. The van der Waals surface area contributed by atoms with Gasteiger partial charge >= 0.3 is 5.69 Å². The van der Waals surface area contributed by atoms with Crippen molar-refractivity contribution in [1.82, 2.24) is 14.5 Å². The van der Waals surface area contributed by atoms with Gasteiger partial charge in [0.15, 0.2) is 0 Å². The van der Waals surface area contributed by atoms with E-state index in [9.17, 15) is 19.2 Å². The van der Waals surface area contributed by atoms with Gasteiger partial charge in [0.05, 0.1) is 21.8 Å². The van der Waals surface area contributed by atoms with E-state index in [0.717, 1.165) is 10.9 Å². The summed E-state index contributed by atoms with van der Waals surface area (Å²) >= 11 is 9.45. The molecule has 0 unspecified atom stereocenters. The number of anilines is 1. The van der Waals surface area contributed by atoms with E-state index >= 15 is 0 Å². The number of nitrogens with one attached hydrogen (secondary N) is 2. The number of hydrogen-bond acceptors (Lipinski definition) is 4. The molecule has 1 aromatic heterocycles. The van der Waals surface area contributed by atoms with Crippen LogP contribution in [0.3, 0.4) is 0 Å². The van der Waals surface area contributed by atoms with Crippen LogP contribution in [0.2, 0.25) is 5.02 Å². The summed E-state index contributed by atoms with van der Waals surface area (Å²) in [5.41, 5.74) is 0.609. The topological polar surface area (TPSA) is 102 Å². The number of benzene rings is 2. The monoisotopic (exact) mass is 560 g/mol. The summed E-state index contributed by atoms with van der Waals surface area (Å²) in [4.78, 5) is 51.5. The quantitative estimate of drug-likeness (QED) is 0.472. The number of nitrogens with zero attached hydrogens (tertiary/aromatic N) is 2. The third-order valence-corrected chi connectivity index (χ3v) is 7.71. The highest BCUT2D eigenvalue weighted by Gasteiger charge is 2.34. The van der Waals surface area contributed by atoms with Gasteiger partial charge in [-0.2, -0.15) is 0 Å². The Morgan fingerprint density at radius 2 is 1.80 bits per heavy atom. The molecule has 10 heteroatoms. The predicted molar refractivity (Wildman–Crippen MR) is 140 cm³/mol. The van der Waals surface area contributed by atoms with Crippen molar-refractivity contribution in [2.45, 2.75) is 52.2 Å². The lowest BCUT2D eigenvalue weighted by atomic mass is 10.0. The Morgan fingerprint density at radius 1 is 1.06 bits per heavy atom. The van der Waals surface area contributed by atoms with Gasteiger partial charge < -0.3 is 10.6 Å². The van der Waals surface area contributed by atoms with Crippen molar-refractivity contribution in [3.05, 3.63) is 72.3 Å². The molecule has 1 aliphatic carbocycles. The summed E-state index contributed by atoms with van der Waals surface area (Å²) < 4.78 is 3.42. The first kappa shape index (κ1) is 25.2. The molecule has 0 saturated heterocycles. The third kappa shape index (κ3) is 4.92. The standard InChI is InChI=1S/C25H26BrClN4O4/c1-3-30-21-11-8-14(12-17(21)24(34)31(4-2)25(30)35)22(32)29-20-7-5-6-16(20)23(33)28-15-9-10-18(26)19(27)13-15/h8-13,16,20H,3-7H2,1-2H3,(H,28,33)(H,29,32)/t16-,20+/m1/s1. The number of carbonyl (C=O) groups excluding carboxylic acids is 2. The van der Waals surface area contributed by atoms with E-state index in [1.54, 1.807) is 37.3 Å². The van der Waals surface area contributed by atoms with E-state index < -0.39 is 5.56 Å². The zero-order chi connectivity index (χ0) is 25.3. The summed E-state index contributed by atoms with van der Waals surface area (Å²) in [7, 11) is 0. The Kier molecular flexibility index (Phi) is 7.47. The van der Waals surface area contributed by atoms with Crippen LogP contribution in [0.25, 0.3) is 10.9 Å². The minimum Gasteiger partial charge on any atom is -0.349 e. The maximum absolute atomic E-state index is 13.1. The number of fused-ring (bicyclic) bond motifs is 1. The molecule has 3 aromatic rings. The molecule has 2 amide bonds. The number of aryl methyl sites for hydroxylation is 1. The van der Waals surface area contributed by atoms with Crippen LogP contribution < -0.4 is 21.9 Å². The largest absolute Gasteiger partial charge is 0.349 e. The molecule has 1 aliphatic rings. The van der Waals surface area contributed by atoms with Crippen LogP contribution in [0.5, 0.6) is 0 Å². The van der Waals surface area contributed by atoms with Gasteiger partial charge in [0.25, 0.3) is 11.5 Å². The minimum atomic E-state index is -0.418. The number of halogens is 2. The zero-order valence-corrected chi connectivity index (χ0v) is 21.8. The number of aromatic nitrogens is 2. The highest BCUT2D eigenvalue weighted by atomic mass is 79.9. The van der Waals surface area contributed by atoms with Gasteiger partial charge in [-0.15, -0.1) is 0 Å². The van der Waals surface area contributed by atoms with E-state index in [1.165, 1.54) is 15.2 Å². The van der Waals surface area contributed by atoms with Crippen molar-refractivity contribution < 1.29 is 9.59 Å². The van der Waals surface area contributed by atoms with Crippen LogP contribution in [0.15, 0.2) is 50.5 Å². The average molecular weight is 562 g/mol. The van der Waals surface area contributed by atoms with Gasteiger partial charge in [-0.1, -0.05) is 18.0 Å². The van der Waals surface area contributed by atoms with Gasteiger partial charge in [-0.05, 0) is 79.0 Å². The molecule has 0 spiro atoms. The Hall–Kier alpha value is -2.91. The molecule has 8 nitrogen and oxygen atoms in total. The summed E-state index contributed by atoms with van der Waals surface area (Å²) in [6.07, 6.45) is 2.14. The second-order valence-corrected chi connectivity index (χ2v) is 9.81.